The smallest absolute Gasteiger partial charge is 0.326 e. The molecule has 150 valence electrons. The van der Waals surface area contributed by atoms with Gasteiger partial charge in [0.25, 0.3) is 0 Å². The van der Waals surface area contributed by atoms with Gasteiger partial charge in [-0.3, -0.25) is 14.4 Å². The number of primary amides is 1. The zero-order valence-electron chi connectivity index (χ0n) is 16.0. The van der Waals surface area contributed by atoms with Crippen LogP contribution in [0.15, 0.2) is 0 Å². The van der Waals surface area contributed by atoms with E-state index in [-0.39, 0.29) is 31.1 Å². The van der Waals surface area contributed by atoms with Gasteiger partial charge in [-0.1, -0.05) is 34.1 Å². The lowest BCUT2D eigenvalue weighted by molar-refractivity contribution is -0.142. The molecule has 0 rings (SSSR count). The predicted molar refractivity (Wildman–Crippen MR) is 96.8 cm³/mol. The molecule has 4 atom stereocenters. The standard InChI is InChI=1S/C17H32N4O5/c1-5-10(4)14(19)16(24)20-11(6-7-13(18)22)15(23)21-12(17(25)26)8-9(2)3/h9-12,14H,5-8,19H2,1-4H3,(H2,18,22)(H,20,24)(H,21,23)(H,25,26)/t10-,11-,12-,14-/m0/s1. The Morgan fingerprint density at radius 1 is 1.00 bits per heavy atom. The monoisotopic (exact) mass is 372 g/mol. The highest BCUT2D eigenvalue weighted by Gasteiger charge is 2.29. The van der Waals surface area contributed by atoms with Crippen molar-refractivity contribution in [1.29, 1.82) is 0 Å². The highest BCUT2D eigenvalue weighted by molar-refractivity contribution is 5.92. The van der Waals surface area contributed by atoms with Crippen LogP contribution >= 0.6 is 0 Å². The highest BCUT2D eigenvalue weighted by atomic mass is 16.4. The molecule has 7 N–H and O–H groups in total. The molecule has 26 heavy (non-hydrogen) atoms. The number of nitrogens with one attached hydrogen (secondary N) is 2. The fourth-order valence-electron chi connectivity index (χ4n) is 2.30. The first-order valence-electron chi connectivity index (χ1n) is 8.86. The van der Waals surface area contributed by atoms with E-state index >= 15 is 0 Å². The molecule has 0 aliphatic carbocycles. The Balaban J connectivity index is 5.14. The first-order valence-corrected chi connectivity index (χ1v) is 8.86. The van der Waals surface area contributed by atoms with Gasteiger partial charge in [-0.25, -0.2) is 4.79 Å². The molecular weight excluding hydrogens is 340 g/mol. The molecule has 9 nitrogen and oxygen atoms in total. The quantitative estimate of drug-likeness (QED) is 0.316. The van der Waals surface area contributed by atoms with Crippen molar-refractivity contribution in [3.63, 3.8) is 0 Å². The molecule has 0 spiro atoms. The minimum absolute atomic E-state index is 0.0336. The fourth-order valence-corrected chi connectivity index (χ4v) is 2.30. The Bertz CT molecular complexity index is 509. The van der Waals surface area contributed by atoms with Crippen molar-refractivity contribution in [1.82, 2.24) is 10.6 Å². The second-order valence-corrected chi connectivity index (χ2v) is 7.01. The average molecular weight is 372 g/mol. The second kappa shape index (κ2) is 11.5. The lowest BCUT2D eigenvalue weighted by Crippen LogP contribution is -2.55. The van der Waals surface area contributed by atoms with E-state index in [0.717, 1.165) is 0 Å². The van der Waals surface area contributed by atoms with Crippen LogP contribution in [0.4, 0.5) is 0 Å². The van der Waals surface area contributed by atoms with Crippen LogP contribution in [0, 0.1) is 11.8 Å². The third-order valence-electron chi connectivity index (χ3n) is 4.19. The van der Waals surface area contributed by atoms with Crippen LogP contribution in [-0.4, -0.2) is 46.9 Å². The van der Waals surface area contributed by atoms with Gasteiger partial charge in [-0.15, -0.1) is 0 Å². The maximum absolute atomic E-state index is 12.5. The molecule has 0 bridgehead atoms. The number of carboxylic acid groups (broad SMARTS) is 1. The summed E-state index contributed by atoms with van der Waals surface area (Å²) in [4.78, 5) is 47.1. The average Bonchev–Trinajstić information content (AvgIpc) is 2.55. The third-order valence-corrected chi connectivity index (χ3v) is 4.19. The van der Waals surface area contributed by atoms with Crippen molar-refractivity contribution < 1.29 is 24.3 Å². The molecule has 0 aliphatic rings. The Morgan fingerprint density at radius 3 is 1.96 bits per heavy atom. The van der Waals surface area contributed by atoms with E-state index in [0.29, 0.717) is 6.42 Å². The molecule has 0 fully saturated rings. The topological polar surface area (TPSA) is 165 Å². The van der Waals surface area contributed by atoms with Crippen LogP contribution in [0.25, 0.3) is 0 Å². The largest absolute Gasteiger partial charge is 0.480 e. The van der Waals surface area contributed by atoms with Gasteiger partial charge in [0.05, 0.1) is 6.04 Å². The lowest BCUT2D eigenvalue weighted by atomic mass is 9.98. The molecule has 0 saturated heterocycles. The zero-order valence-corrected chi connectivity index (χ0v) is 16.0. The minimum atomic E-state index is -1.16. The van der Waals surface area contributed by atoms with E-state index in [9.17, 15) is 24.3 Å². The Morgan fingerprint density at radius 2 is 1.54 bits per heavy atom. The molecule has 0 saturated carbocycles. The van der Waals surface area contributed by atoms with Gasteiger partial charge in [0.15, 0.2) is 0 Å². The van der Waals surface area contributed by atoms with Crippen LogP contribution in [-0.2, 0) is 19.2 Å². The molecule has 0 radical (unpaired) electrons. The number of carbonyl (C=O) groups excluding carboxylic acids is 3. The second-order valence-electron chi connectivity index (χ2n) is 7.01. The number of rotatable bonds is 12. The van der Waals surface area contributed by atoms with Crippen molar-refractivity contribution in [3.8, 4) is 0 Å². The predicted octanol–water partition coefficient (Wildman–Crippen LogP) is -0.274. The van der Waals surface area contributed by atoms with E-state index in [4.69, 9.17) is 11.5 Å². The van der Waals surface area contributed by atoms with Crippen molar-refractivity contribution in [3.05, 3.63) is 0 Å². The van der Waals surface area contributed by atoms with Crippen LogP contribution in [0.2, 0.25) is 0 Å². The number of nitrogens with two attached hydrogens (primary N) is 2. The fraction of sp³-hybridized carbons (Fsp3) is 0.765. The molecule has 0 aromatic heterocycles. The summed E-state index contributed by atoms with van der Waals surface area (Å²) in [6, 6.07) is -2.98. The van der Waals surface area contributed by atoms with Crippen molar-refractivity contribution in [2.24, 2.45) is 23.3 Å². The minimum Gasteiger partial charge on any atom is -0.480 e. The van der Waals surface area contributed by atoms with Crippen molar-refractivity contribution in [2.45, 2.75) is 71.5 Å². The molecule has 3 amide bonds. The number of carbonyl (C=O) groups is 4. The summed E-state index contributed by atoms with van der Waals surface area (Å²) < 4.78 is 0. The van der Waals surface area contributed by atoms with Crippen LogP contribution in [0.3, 0.4) is 0 Å². The zero-order chi connectivity index (χ0) is 20.4. The number of amides is 3. The summed E-state index contributed by atoms with van der Waals surface area (Å²) in [7, 11) is 0. The van der Waals surface area contributed by atoms with Gasteiger partial charge >= 0.3 is 5.97 Å². The Kier molecular flexibility index (Phi) is 10.5. The normalized spacial score (nSPS) is 15.6. The Hall–Kier alpha value is -2.16. The van der Waals surface area contributed by atoms with Gasteiger partial charge in [0, 0.05) is 6.42 Å². The summed E-state index contributed by atoms with van der Waals surface area (Å²) >= 11 is 0. The summed E-state index contributed by atoms with van der Waals surface area (Å²) in [6.07, 6.45) is 0.763. The maximum atomic E-state index is 12.5. The molecule has 9 heteroatoms. The number of hydrogen-bond donors (Lipinski definition) is 5. The van der Waals surface area contributed by atoms with Gasteiger partial charge in [0.1, 0.15) is 12.1 Å². The van der Waals surface area contributed by atoms with E-state index in [1.807, 2.05) is 27.7 Å². The van der Waals surface area contributed by atoms with Gasteiger partial charge in [-0.05, 0) is 24.7 Å². The molecule has 0 aliphatic heterocycles. The van der Waals surface area contributed by atoms with Gasteiger partial charge in [-0.2, -0.15) is 0 Å². The number of aliphatic carboxylic acids is 1. The van der Waals surface area contributed by atoms with Crippen LogP contribution < -0.4 is 22.1 Å². The molecule has 0 heterocycles. The first kappa shape index (κ1) is 23.8. The van der Waals surface area contributed by atoms with Crippen molar-refractivity contribution in [2.75, 3.05) is 0 Å². The van der Waals surface area contributed by atoms with Crippen molar-refractivity contribution >= 4 is 23.7 Å². The summed E-state index contributed by atoms with van der Waals surface area (Å²) in [5, 5.41) is 14.2. The first-order chi connectivity index (χ1) is 12.0. The van der Waals surface area contributed by atoms with Gasteiger partial charge in [0.2, 0.25) is 17.7 Å². The maximum Gasteiger partial charge on any atom is 0.326 e. The highest BCUT2D eigenvalue weighted by Crippen LogP contribution is 2.09. The SMILES string of the molecule is CC[C@H](C)[C@H](N)C(=O)N[C@@H](CCC(N)=O)C(=O)N[C@@H](CC(C)C)C(=O)O. The molecule has 0 aromatic rings. The summed E-state index contributed by atoms with van der Waals surface area (Å²) in [5.74, 6) is -3.04. The third kappa shape index (κ3) is 8.80. The van der Waals surface area contributed by atoms with E-state index in [1.54, 1.807) is 0 Å². The summed E-state index contributed by atoms with van der Waals surface area (Å²) in [5.41, 5.74) is 11.0. The van der Waals surface area contributed by atoms with E-state index in [2.05, 4.69) is 10.6 Å². The lowest BCUT2D eigenvalue weighted by Gasteiger charge is -2.24. The Labute approximate surface area is 154 Å². The number of hydrogen-bond acceptors (Lipinski definition) is 5. The van der Waals surface area contributed by atoms with E-state index in [1.165, 1.54) is 0 Å². The summed E-state index contributed by atoms with van der Waals surface area (Å²) in [6.45, 7) is 7.36. The molecule has 0 unspecified atom stereocenters. The van der Waals surface area contributed by atoms with Crippen LogP contribution in [0.1, 0.15) is 53.4 Å². The molecular formula is C17H32N4O5. The van der Waals surface area contributed by atoms with Gasteiger partial charge < -0.3 is 27.2 Å². The van der Waals surface area contributed by atoms with Crippen LogP contribution in [0.5, 0.6) is 0 Å². The number of carboxylic acids is 1. The van der Waals surface area contributed by atoms with E-state index < -0.39 is 41.8 Å². The molecule has 0 aromatic carbocycles.